The molecule has 0 aromatic heterocycles. The van der Waals surface area contributed by atoms with Crippen LogP contribution in [0.5, 0.6) is 11.5 Å². The highest BCUT2D eigenvalue weighted by Crippen LogP contribution is 2.35. The maximum atomic E-state index is 12.0. The molecule has 0 spiro atoms. The molecule has 1 heterocycles. The van der Waals surface area contributed by atoms with Gasteiger partial charge in [0.25, 0.3) is 5.91 Å². The number of likely N-dealkylation sites (N-methyl/N-ethyl adjacent to an activating group) is 1. The third kappa shape index (κ3) is 4.88. The van der Waals surface area contributed by atoms with E-state index in [1.54, 1.807) is 0 Å². The molecular weight excluding hydrogens is 348 g/mol. The molecule has 2 N–H and O–H groups in total. The molecule has 6 heteroatoms. The average Bonchev–Trinajstić information content (AvgIpc) is 2.37. The van der Waals surface area contributed by atoms with Crippen molar-refractivity contribution in [2.75, 3.05) is 26.8 Å². The van der Waals surface area contributed by atoms with Gasteiger partial charge in [0.05, 0.1) is 7.05 Å². The zero-order valence-electron chi connectivity index (χ0n) is 13.6. The normalized spacial score (nSPS) is 15.3. The Balaban J connectivity index is 1.99. The van der Waals surface area contributed by atoms with Gasteiger partial charge < -0.3 is 19.7 Å². The van der Waals surface area contributed by atoms with E-state index in [0.29, 0.717) is 19.8 Å². The first-order valence-corrected chi connectivity index (χ1v) is 8.24. The molecule has 1 aromatic rings. The van der Waals surface area contributed by atoms with E-state index in [2.05, 4.69) is 21.2 Å². The number of ether oxygens (including phenoxy) is 2. The predicted molar refractivity (Wildman–Crippen MR) is 88.5 cm³/mol. The fraction of sp³-hybridized carbons (Fsp3) is 0.562. The largest absolute Gasteiger partial charge is 0.486 e. The van der Waals surface area contributed by atoms with Crippen LogP contribution in [0.4, 0.5) is 0 Å². The third-order valence-corrected chi connectivity index (χ3v) is 3.92. The summed E-state index contributed by atoms with van der Waals surface area (Å²) in [4.78, 5) is 13.1. The van der Waals surface area contributed by atoms with Crippen LogP contribution >= 0.6 is 15.9 Å². The van der Waals surface area contributed by atoms with Gasteiger partial charge in [-0.15, -0.1) is 0 Å². The van der Waals surface area contributed by atoms with Crippen molar-refractivity contribution in [3.63, 3.8) is 0 Å². The number of hydrogen-bond donors (Lipinski definition) is 2. The van der Waals surface area contributed by atoms with Gasteiger partial charge in [0.2, 0.25) is 0 Å². The molecule has 122 valence electrons. The van der Waals surface area contributed by atoms with Gasteiger partial charge in [0.1, 0.15) is 19.8 Å². The fourth-order valence-corrected chi connectivity index (χ4v) is 2.83. The molecule has 22 heavy (non-hydrogen) atoms. The van der Waals surface area contributed by atoms with E-state index in [4.69, 9.17) is 9.47 Å². The van der Waals surface area contributed by atoms with Crippen LogP contribution in [0.1, 0.15) is 26.3 Å². The molecule has 0 saturated heterocycles. The Kier molecular flexibility index (Phi) is 5.34. The second-order valence-electron chi connectivity index (χ2n) is 6.70. The Labute approximate surface area is 140 Å². The van der Waals surface area contributed by atoms with E-state index >= 15 is 0 Å². The maximum absolute atomic E-state index is 12.0. The maximum Gasteiger partial charge on any atom is 0.275 e. The molecule has 5 nitrogen and oxygen atoms in total. The van der Waals surface area contributed by atoms with Gasteiger partial charge in [-0.3, -0.25) is 4.79 Å². The van der Waals surface area contributed by atoms with Crippen LogP contribution in [0, 0.1) is 0 Å². The highest BCUT2D eigenvalue weighted by molar-refractivity contribution is 9.10. The van der Waals surface area contributed by atoms with Gasteiger partial charge in [-0.25, -0.2) is 0 Å². The number of carbonyl (C=O) groups excluding carboxylic acids is 1. The lowest BCUT2D eigenvalue weighted by Crippen LogP contribution is -3.09. The monoisotopic (exact) mass is 371 g/mol. The van der Waals surface area contributed by atoms with Crippen LogP contribution in [-0.4, -0.2) is 38.3 Å². The predicted octanol–water partition coefficient (Wildman–Crippen LogP) is 1.15. The number of quaternary nitrogens is 1. The first-order chi connectivity index (χ1) is 10.2. The van der Waals surface area contributed by atoms with Crippen LogP contribution in [0.25, 0.3) is 0 Å². The number of amides is 1. The van der Waals surface area contributed by atoms with Gasteiger partial charge in [-0.2, -0.15) is 0 Å². The second-order valence-corrected chi connectivity index (χ2v) is 7.55. The topological polar surface area (TPSA) is 52.0 Å². The molecule has 1 aliphatic rings. The third-order valence-electron chi connectivity index (χ3n) is 3.18. The number of hydrogen-bond acceptors (Lipinski definition) is 3. The van der Waals surface area contributed by atoms with Crippen molar-refractivity contribution in [2.24, 2.45) is 0 Å². The lowest BCUT2D eigenvalue weighted by atomic mass is 10.1. The summed E-state index contributed by atoms with van der Waals surface area (Å²) in [5, 5.41) is 2.98. The van der Waals surface area contributed by atoms with Gasteiger partial charge in [0.15, 0.2) is 18.0 Å². The van der Waals surface area contributed by atoms with Gasteiger partial charge in [0, 0.05) is 15.6 Å². The summed E-state index contributed by atoms with van der Waals surface area (Å²) in [6.45, 7) is 8.27. The van der Waals surface area contributed by atoms with E-state index < -0.39 is 0 Å². The summed E-state index contributed by atoms with van der Waals surface area (Å²) in [5.74, 6) is 1.60. The van der Waals surface area contributed by atoms with Crippen LogP contribution in [0.15, 0.2) is 16.6 Å². The molecule has 2 rings (SSSR count). The van der Waals surface area contributed by atoms with Gasteiger partial charge >= 0.3 is 0 Å². The lowest BCUT2D eigenvalue weighted by molar-refractivity contribution is -0.885. The summed E-state index contributed by atoms with van der Waals surface area (Å²) in [5.41, 5.74) is 0.903. The van der Waals surface area contributed by atoms with Crippen molar-refractivity contribution in [3.05, 3.63) is 22.2 Å². The van der Waals surface area contributed by atoms with E-state index in [9.17, 15) is 4.79 Å². The first kappa shape index (κ1) is 17.1. The molecule has 1 atom stereocenters. The first-order valence-electron chi connectivity index (χ1n) is 7.45. The summed E-state index contributed by atoms with van der Waals surface area (Å²) < 4.78 is 12.1. The Morgan fingerprint density at radius 1 is 1.27 bits per heavy atom. The summed E-state index contributed by atoms with van der Waals surface area (Å²) in [6, 6.07) is 3.93. The standard InChI is InChI=1S/C16H23BrN2O3/c1-16(2,3)18-15(20)10-19(4)9-11-7-13-14(8-12(11)17)22-6-5-21-13/h7-8H,5-6,9-10H2,1-4H3,(H,18,20)/p+1. The van der Waals surface area contributed by atoms with Crippen molar-refractivity contribution < 1.29 is 19.2 Å². The molecule has 1 unspecified atom stereocenters. The fourth-order valence-electron chi connectivity index (χ4n) is 2.37. The summed E-state index contributed by atoms with van der Waals surface area (Å²) in [6.07, 6.45) is 0. The number of benzene rings is 1. The van der Waals surface area contributed by atoms with Crippen molar-refractivity contribution in [1.29, 1.82) is 0 Å². The smallest absolute Gasteiger partial charge is 0.275 e. The quantitative estimate of drug-likeness (QED) is 0.834. The van der Waals surface area contributed by atoms with E-state index in [1.807, 2.05) is 40.0 Å². The number of carbonyl (C=O) groups is 1. The van der Waals surface area contributed by atoms with Crippen LogP contribution in [-0.2, 0) is 11.3 Å². The highest BCUT2D eigenvalue weighted by Gasteiger charge is 2.20. The highest BCUT2D eigenvalue weighted by atomic mass is 79.9. The average molecular weight is 372 g/mol. The zero-order chi connectivity index (χ0) is 16.3. The van der Waals surface area contributed by atoms with E-state index in [0.717, 1.165) is 33.0 Å². The zero-order valence-corrected chi connectivity index (χ0v) is 15.2. The number of fused-ring (bicyclic) bond motifs is 1. The molecular formula is C16H24BrN2O3+. The van der Waals surface area contributed by atoms with Crippen molar-refractivity contribution in [2.45, 2.75) is 32.9 Å². The molecule has 0 aliphatic carbocycles. The number of rotatable bonds is 4. The molecule has 0 saturated carbocycles. The number of halogens is 1. The Morgan fingerprint density at radius 3 is 2.45 bits per heavy atom. The van der Waals surface area contributed by atoms with Crippen LogP contribution in [0.2, 0.25) is 0 Å². The van der Waals surface area contributed by atoms with E-state index in [1.165, 1.54) is 0 Å². The Morgan fingerprint density at radius 2 is 1.86 bits per heavy atom. The summed E-state index contributed by atoms with van der Waals surface area (Å²) in [7, 11) is 2.01. The second kappa shape index (κ2) is 6.87. The molecule has 0 fully saturated rings. The van der Waals surface area contributed by atoms with Crippen molar-refractivity contribution in [3.8, 4) is 11.5 Å². The number of nitrogens with one attached hydrogen (secondary N) is 2. The lowest BCUT2D eigenvalue weighted by Gasteiger charge is -2.23. The minimum absolute atomic E-state index is 0.0543. The Hall–Kier alpha value is -1.27. The van der Waals surface area contributed by atoms with E-state index in [-0.39, 0.29) is 11.4 Å². The Bertz CT molecular complexity index is 555. The molecule has 0 radical (unpaired) electrons. The van der Waals surface area contributed by atoms with Crippen molar-refractivity contribution >= 4 is 21.8 Å². The molecule has 0 bridgehead atoms. The SMILES string of the molecule is C[NH+](CC(=O)NC(C)(C)C)Cc1cc2c(cc1Br)OCCO2. The molecule has 1 aliphatic heterocycles. The minimum Gasteiger partial charge on any atom is -0.486 e. The molecule has 1 amide bonds. The van der Waals surface area contributed by atoms with Crippen LogP contribution in [0.3, 0.4) is 0 Å². The van der Waals surface area contributed by atoms with Crippen LogP contribution < -0.4 is 19.7 Å². The van der Waals surface area contributed by atoms with Gasteiger partial charge in [-0.1, -0.05) is 15.9 Å². The minimum atomic E-state index is -0.199. The summed E-state index contributed by atoms with van der Waals surface area (Å²) >= 11 is 3.57. The van der Waals surface area contributed by atoms with Crippen molar-refractivity contribution in [1.82, 2.24) is 5.32 Å². The molecule has 1 aromatic carbocycles. The van der Waals surface area contributed by atoms with Gasteiger partial charge in [-0.05, 0) is 32.9 Å².